The standard InChI is InChI=1S/C13H18N6O2S/c14-11-17-12(15)19(13(18-11)7-1-2-8-13)9-3-5-10(6-4-9)22(16,20)21/h3-6H,1-2,7-8H2,(H2,16,20,21)(H4,14,15,17,18). The normalized spacial score (nSPS) is 20.9. The molecule has 22 heavy (non-hydrogen) atoms. The van der Waals surface area contributed by atoms with Crippen LogP contribution in [0.3, 0.4) is 0 Å². The summed E-state index contributed by atoms with van der Waals surface area (Å²) in [4.78, 5) is 10.4. The minimum absolute atomic E-state index is 0.0484. The van der Waals surface area contributed by atoms with Crippen LogP contribution in [0.15, 0.2) is 39.1 Å². The Bertz CT molecular complexity index is 747. The molecular weight excluding hydrogens is 304 g/mol. The molecule has 1 fully saturated rings. The van der Waals surface area contributed by atoms with Crippen molar-refractivity contribution in [1.29, 1.82) is 0 Å². The highest BCUT2D eigenvalue weighted by Gasteiger charge is 2.43. The van der Waals surface area contributed by atoms with E-state index < -0.39 is 15.7 Å². The van der Waals surface area contributed by atoms with E-state index in [1.807, 2.05) is 4.90 Å². The fourth-order valence-electron chi connectivity index (χ4n) is 3.10. The molecule has 6 N–H and O–H groups in total. The van der Waals surface area contributed by atoms with E-state index in [2.05, 4.69) is 9.98 Å². The van der Waals surface area contributed by atoms with E-state index in [0.29, 0.717) is 5.69 Å². The van der Waals surface area contributed by atoms with E-state index in [-0.39, 0.29) is 16.8 Å². The third-order valence-corrected chi connectivity index (χ3v) is 4.95. The van der Waals surface area contributed by atoms with Crippen molar-refractivity contribution in [1.82, 2.24) is 0 Å². The largest absolute Gasteiger partial charge is 0.369 e. The Morgan fingerprint density at radius 2 is 1.68 bits per heavy atom. The van der Waals surface area contributed by atoms with Gasteiger partial charge in [-0.2, -0.15) is 4.99 Å². The number of nitrogens with zero attached hydrogens (tertiary/aromatic N) is 3. The number of nitrogens with two attached hydrogens (primary N) is 3. The number of benzene rings is 1. The Kier molecular flexibility index (Phi) is 3.33. The van der Waals surface area contributed by atoms with Crippen molar-refractivity contribution in [2.24, 2.45) is 26.6 Å². The average Bonchev–Trinajstić information content (AvgIpc) is 2.86. The maximum Gasteiger partial charge on any atom is 0.238 e. The molecule has 3 rings (SSSR count). The van der Waals surface area contributed by atoms with Crippen LogP contribution in [0.1, 0.15) is 25.7 Å². The van der Waals surface area contributed by atoms with Crippen molar-refractivity contribution >= 4 is 27.6 Å². The van der Waals surface area contributed by atoms with Gasteiger partial charge in [0.1, 0.15) is 5.66 Å². The molecule has 1 aliphatic carbocycles. The predicted octanol–water partition coefficient (Wildman–Crippen LogP) is 0.0537. The Morgan fingerprint density at radius 1 is 1.09 bits per heavy atom. The van der Waals surface area contributed by atoms with Gasteiger partial charge in [0, 0.05) is 5.69 Å². The molecule has 1 spiro atoms. The maximum atomic E-state index is 11.4. The van der Waals surface area contributed by atoms with Crippen molar-refractivity contribution in [3.63, 3.8) is 0 Å². The van der Waals surface area contributed by atoms with Gasteiger partial charge in [-0.05, 0) is 49.9 Å². The Labute approximate surface area is 128 Å². The number of primary sulfonamides is 1. The molecule has 118 valence electrons. The van der Waals surface area contributed by atoms with Crippen molar-refractivity contribution < 1.29 is 8.42 Å². The molecule has 1 aromatic rings. The molecule has 2 aliphatic rings. The molecule has 0 atom stereocenters. The first kappa shape index (κ1) is 14.8. The summed E-state index contributed by atoms with van der Waals surface area (Å²) in [5.41, 5.74) is 12.0. The fraction of sp³-hybridized carbons (Fsp3) is 0.385. The fourth-order valence-corrected chi connectivity index (χ4v) is 3.62. The molecular formula is C13H18N6O2S. The second-order valence-corrected chi connectivity index (χ2v) is 7.07. The number of rotatable bonds is 2. The molecule has 0 bridgehead atoms. The van der Waals surface area contributed by atoms with E-state index in [1.54, 1.807) is 12.1 Å². The Hall–Kier alpha value is -2.13. The minimum Gasteiger partial charge on any atom is -0.369 e. The summed E-state index contributed by atoms with van der Waals surface area (Å²) in [6.45, 7) is 0. The van der Waals surface area contributed by atoms with Gasteiger partial charge in [-0.15, -0.1) is 0 Å². The highest BCUT2D eigenvalue weighted by atomic mass is 32.2. The molecule has 0 saturated heterocycles. The second-order valence-electron chi connectivity index (χ2n) is 5.50. The Balaban J connectivity index is 2.04. The van der Waals surface area contributed by atoms with Crippen molar-refractivity contribution in [2.45, 2.75) is 36.2 Å². The lowest BCUT2D eigenvalue weighted by atomic mass is 10.1. The summed E-state index contributed by atoms with van der Waals surface area (Å²) >= 11 is 0. The highest BCUT2D eigenvalue weighted by Crippen LogP contribution is 2.40. The molecule has 8 nitrogen and oxygen atoms in total. The number of guanidine groups is 2. The summed E-state index contributed by atoms with van der Waals surface area (Å²) in [6.07, 6.45) is 3.69. The highest BCUT2D eigenvalue weighted by molar-refractivity contribution is 7.89. The number of aliphatic imine (C=N–C) groups is 2. The van der Waals surface area contributed by atoms with Crippen molar-refractivity contribution in [2.75, 3.05) is 4.90 Å². The molecule has 9 heteroatoms. The topological polar surface area (TPSA) is 140 Å². The van der Waals surface area contributed by atoms with Gasteiger partial charge >= 0.3 is 0 Å². The van der Waals surface area contributed by atoms with E-state index >= 15 is 0 Å². The molecule has 0 aromatic heterocycles. The lowest BCUT2D eigenvalue weighted by molar-refractivity contribution is 0.452. The van der Waals surface area contributed by atoms with Crippen LogP contribution >= 0.6 is 0 Å². The van der Waals surface area contributed by atoms with Crippen LogP contribution in [0.25, 0.3) is 0 Å². The summed E-state index contributed by atoms with van der Waals surface area (Å²) in [5, 5.41) is 5.12. The SMILES string of the molecule is NC1=NC2(CCCC2)N(c2ccc(S(N)(=O)=O)cc2)C(N)=N1. The molecule has 1 aromatic carbocycles. The smallest absolute Gasteiger partial charge is 0.238 e. The minimum atomic E-state index is -3.73. The second kappa shape index (κ2) is 4.96. The zero-order valence-electron chi connectivity index (χ0n) is 11.9. The predicted molar refractivity (Wildman–Crippen MR) is 84.7 cm³/mol. The van der Waals surface area contributed by atoms with Crippen LogP contribution in [-0.2, 0) is 10.0 Å². The van der Waals surface area contributed by atoms with Gasteiger partial charge in [0.25, 0.3) is 0 Å². The number of sulfonamides is 1. The number of hydrogen-bond donors (Lipinski definition) is 3. The zero-order chi connectivity index (χ0) is 16.0. The average molecular weight is 322 g/mol. The quantitative estimate of drug-likeness (QED) is 0.706. The first-order chi connectivity index (χ1) is 10.3. The van der Waals surface area contributed by atoms with Gasteiger partial charge in [0.05, 0.1) is 4.90 Å². The number of hydrogen-bond acceptors (Lipinski definition) is 7. The first-order valence-corrected chi connectivity index (χ1v) is 8.49. The van der Waals surface area contributed by atoms with Crippen LogP contribution < -0.4 is 21.5 Å². The summed E-state index contributed by atoms with van der Waals surface area (Å²) < 4.78 is 22.7. The van der Waals surface area contributed by atoms with E-state index in [1.165, 1.54) is 12.1 Å². The van der Waals surface area contributed by atoms with E-state index in [9.17, 15) is 8.42 Å². The first-order valence-electron chi connectivity index (χ1n) is 6.94. The van der Waals surface area contributed by atoms with Crippen LogP contribution in [0.5, 0.6) is 0 Å². The number of anilines is 1. The van der Waals surface area contributed by atoms with Gasteiger partial charge in [-0.25, -0.2) is 18.5 Å². The Morgan fingerprint density at radius 3 is 2.23 bits per heavy atom. The summed E-state index contributed by atoms with van der Waals surface area (Å²) in [7, 11) is -3.73. The molecule has 0 amide bonds. The van der Waals surface area contributed by atoms with Crippen LogP contribution in [0.4, 0.5) is 5.69 Å². The third kappa shape index (κ3) is 2.42. The summed E-state index contributed by atoms with van der Waals surface area (Å²) in [5.74, 6) is 0.439. The van der Waals surface area contributed by atoms with Crippen LogP contribution in [-0.4, -0.2) is 26.0 Å². The van der Waals surface area contributed by atoms with Gasteiger partial charge in [0.15, 0.2) is 0 Å². The molecule has 0 unspecified atom stereocenters. The van der Waals surface area contributed by atoms with Gasteiger partial charge in [-0.1, -0.05) is 0 Å². The molecule has 1 aliphatic heterocycles. The molecule has 0 radical (unpaired) electrons. The van der Waals surface area contributed by atoms with Crippen LogP contribution in [0, 0.1) is 0 Å². The van der Waals surface area contributed by atoms with E-state index in [0.717, 1.165) is 25.7 Å². The van der Waals surface area contributed by atoms with Crippen LogP contribution in [0.2, 0.25) is 0 Å². The molecule has 1 saturated carbocycles. The maximum absolute atomic E-state index is 11.4. The lowest BCUT2D eigenvalue weighted by Gasteiger charge is -2.41. The summed E-state index contributed by atoms with van der Waals surface area (Å²) in [6, 6.07) is 6.20. The monoisotopic (exact) mass is 322 g/mol. The van der Waals surface area contributed by atoms with Gasteiger partial charge in [0.2, 0.25) is 21.9 Å². The van der Waals surface area contributed by atoms with Crippen molar-refractivity contribution in [3.8, 4) is 0 Å². The van der Waals surface area contributed by atoms with Gasteiger partial charge < -0.3 is 11.5 Å². The van der Waals surface area contributed by atoms with Crippen molar-refractivity contribution in [3.05, 3.63) is 24.3 Å². The van der Waals surface area contributed by atoms with Gasteiger partial charge in [-0.3, -0.25) is 4.90 Å². The molecule has 1 heterocycles. The van der Waals surface area contributed by atoms with E-state index in [4.69, 9.17) is 16.6 Å². The lowest BCUT2D eigenvalue weighted by Crippen LogP contribution is -2.56. The zero-order valence-corrected chi connectivity index (χ0v) is 12.8. The third-order valence-electron chi connectivity index (χ3n) is 4.02.